The number of aliphatic hydroxyl groups is 1. The quantitative estimate of drug-likeness (QED) is 0.744. The van der Waals surface area contributed by atoms with Crippen molar-refractivity contribution in [1.82, 2.24) is 0 Å². The van der Waals surface area contributed by atoms with Crippen molar-refractivity contribution in [2.24, 2.45) is 5.92 Å². The molecule has 0 bridgehead atoms. The smallest absolute Gasteiger partial charge is 0.302 e. The fourth-order valence-corrected chi connectivity index (χ4v) is 1.36. The molecule has 0 unspecified atom stereocenters. The molecular formula is C12H16O3. The maximum atomic E-state index is 10.6. The van der Waals surface area contributed by atoms with Gasteiger partial charge in [0.15, 0.2) is 0 Å². The van der Waals surface area contributed by atoms with Crippen molar-refractivity contribution in [1.29, 1.82) is 0 Å². The Morgan fingerprint density at radius 1 is 1.40 bits per heavy atom. The van der Waals surface area contributed by atoms with E-state index in [1.165, 1.54) is 6.92 Å². The zero-order valence-electron chi connectivity index (χ0n) is 8.85. The second-order valence-corrected chi connectivity index (χ2v) is 3.54. The minimum atomic E-state index is -0.304. The first-order chi connectivity index (χ1) is 7.22. The van der Waals surface area contributed by atoms with Gasteiger partial charge in [0.05, 0.1) is 6.61 Å². The molecule has 0 aliphatic carbocycles. The van der Waals surface area contributed by atoms with Gasteiger partial charge in [0.2, 0.25) is 0 Å². The third kappa shape index (κ3) is 4.61. The van der Waals surface area contributed by atoms with Gasteiger partial charge in [0.25, 0.3) is 0 Å². The van der Waals surface area contributed by atoms with Crippen LogP contribution in [0, 0.1) is 5.92 Å². The lowest BCUT2D eigenvalue weighted by Gasteiger charge is -2.13. The number of carbonyl (C=O) groups is 1. The second-order valence-electron chi connectivity index (χ2n) is 3.54. The molecule has 1 aromatic carbocycles. The highest BCUT2D eigenvalue weighted by Crippen LogP contribution is 2.08. The normalized spacial score (nSPS) is 12.1. The largest absolute Gasteiger partial charge is 0.465 e. The van der Waals surface area contributed by atoms with Gasteiger partial charge in [-0.1, -0.05) is 30.3 Å². The van der Waals surface area contributed by atoms with Crippen LogP contribution in [0.25, 0.3) is 0 Å². The molecule has 1 N–H and O–H groups in total. The molecule has 0 fully saturated rings. The van der Waals surface area contributed by atoms with Crippen LogP contribution in [-0.4, -0.2) is 24.3 Å². The van der Waals surface area contributed by atoms with Crippen LogP contribution in [-0.2, 0) is 16.0 Å². The number of esters is 1. The summed E-state index contributed by atoms with van der Waals surface area (Å²) in [6, 6.07) is 9.85. The molecule has 0 aliphatic heterocycles. The van der Waals surface area contributed by atoms with Gasteiger partial charge in [0.1, 0.15) is 0 Å². The molecule has 0 saturated carbocycles. The van der Waals surface area contributed by atoms with Crippen molar-refractivity contribution < 1.29 is 14.6 Å². The fraction of sp³-hybridized carbons (Fsp3) is 0.417. The van der Waals surface area contributed by atoms with E-state index in [4.69, 9.17) is 9.84 Å². The van der Waals surface area contributed by atoms with Crippen molar-refractivity contribution in [3.63, 3.8) is 0 Å². The van der Waals surface area contributed by atoms with Crippen LogP contribution in [0.15, 0.2) is 30.3 Å². The van der Waals surface area contributed by atoms with Crippen molar-refractivity contribution in [2.75, 3.05) is 13.2 Å². The van der Waals surface area contributed by atoms with Crippen LogP contribution in [0.1, 0.15) is 12.5 Å². The van der Waals surface area contributed by atoms with Crippen LogP contribution < -0.4 is 0 Å². The highest BCUT2D eigenvalue weighted by atomic mass is 16.5. The molecule has 0 radical (unpaired) electrons. The Morgan fingerprint density at radius 3 is 2.60 bits per heavy atom. The van der Waals surface area contributed by atoms with Crippen LogP contribution in [0.2, 0.25) is 0 Å². The van der Waals surface area contributed by atoms with Gasteiger partial charge < -0.3 is 9.84 Å². The number of aliphatic hydroxyl groups excluding tert-OH is 1. The summed E-state index contributed by atoms with van der Waals surface area (Å²) in [4.78, 5) is 10.6. The Bertz CT molecular complexity index is 295. The lowest BCUT2D eigenvalue weighted by Crippen LogP contribution is -2.18. The number of hydrogen-bond acceptors (Lipinski definition) is 3. The number of carbonyl (C=O) groups excluding carboxylic acids is 1. The van der Waals surface area contributed by atoms with E-state index in [1.807, 2.05) is 30.3 Å². The highest BCUT2D eigenvalue weighted by Gasteiger charge is 2.09. The highest BCUT2D eigenvalue weighted by molar-refractivity contribution is 5.65. The zero-order chi connectivity index (χ0) is 11.1. The maximum absolute atomic E-state index is 10.6. The van der Waals surface area contributed by atoms with Gasteiger partial charge in [-0.2, -0.15) is 0 Å². The Hall–Kier alpha value is -1.35. The monoisotopic (exact) mass is 208 g/mol. The molecule has 0 heterocycles. The van der Waals surface area contributed by atoms with Crippen LogP contribution >= 0.6 is 0 Å². The fourth-order valence-electron chi connectivity index (χ4n) is 1.36. The summed E-state index contributed by atoms with van der Waals surface area (Å²) in [5.41, 5.74) is 1.14. The molecule has 0 saturated heterocycles. The average Bonchev–Trinajstić information content (AvgIpc) is 2.25. The van der Waals surface area contributed by atoms with E-state index in [2.05, 4.69) is 0 Å². The topological polar surface area (TPSA) is 46.5 Å². The van der Waals surface area contributed by atoms with E-state index >= 15 is 0 Å². The number of hydrogen-bond donors (Lipinski definition) is 1. The lowest BCUT2D eigenvalue weighted by molar-refractivity contribution is -0.142. The standard InChI is InChI=1S/C12H16O3/c1-10(14)15-9-12(8-13)7-11-5-3-2-4-6-11/h2-6,12-13H,7-9H2,1H3/t12-/m0/s1. The lowest BCUT2D eigenvalue weighted by atomic mass is 10.0. The number of benzene rings is 1. The predicted molar refractivity (Wildman–Crippen MR) is 57.4 cm³/mol. The predicted octanol–water partition coefficient (Wildman–Crippen LogP) is 1.40. The van der Waals surface area contributed by atoms with Gasteiger partial charge in [-0.3, -0.25) is 4.79 Å². The summed E-state index contributed by atoms with van der Waals surface area (Å²) >= 11 is 0. The second kappa shape index (κ2) is 6.19. The van der Waals surface area contributed by atoms with E-state index in [0.717, 1.165) is 12.0 Å². The average molecular weight is 208 g/mol. The molecule has 0 aliphatic rings. The van der Waals surface area contributed by atoms with E-state index < -0.39 is 0 Å². The van der Waals surface area contributed by atoms with Gasteiger partial charge in [-0.15, -0.1) is 0 Å². The molecule has 82 valence electrons. The number of rotatable bonds is 5. The van der Waals surface area contributed by atoms with Gasteiger partial charge in [-0.05, 0) is 12.0 Å². The van der Waals surface area contributed by atoms with Gasteiger partial charge in [-0.25, -0.2) is 0 Å². The minimum Gasteiger partial charge on any atom is -0.465 e. The Kier molecular flexibility index (Phi) is 4.84. The third-order valence-corrected chi connectivity index (χ3v) is 2.15. The van der Waals surface area contributed by atoms with Crippen molar-refractivity contribution in [3.8, 4) is 0 Å². The van der Waals surface area contributed by atoms with Gasteiger partial charge >= 0.3 is 5.97 Å². The van der Waals surface area contributed by atoms with Crippen LogP contribution in [0.5, 0.6) is 0 Å². The summed E-state index contributed by atoms with van der Waals surface area (Å²) in [6.45, 7) is 1.68. The Labute approximate surface area is 89.7 Å². The molecule has 15 heavy (non-hydrogen) atoms. The van der Waals surface area contributed by atoms with E-state index in [0.29, 0.717) is 0 Å². The first kappa shape index (κ1) is 11.7. The van der Waals surface area contributed by atoms with Gasteiger partial charge in [0, 0.05) is 19.4 Å². The molecule has 1 aromatic rings. The zero-order valence-corrected chi connectivity index (χ0v) is 8.85. The number of ether oxygens (including phenoxy) is 1. The maximum Gasteiger partial charge on any atom is 0.302 e. The summed E-state index contributed by atoms with van der Waals surface area (Å²) in [7, 11) is 0. The molecule has 0 amide bonds. The van der Waals surface area contributed by atoms with Crippen molar-refractivity contribution in [3.05, 3.63) is 35.9 Å². The van der Waals surface area contributed by atoms with Crippen LogP contribution in [0.4, 0.5) is 0 Å². The van der Waals surface area contributed by atoms with E-state index in [9.17, 15) is 4.79 Å². The molecular weight excluding hydrogens is 192 g/mol. The Balaban J connectivity index is 2.43. The molecule has 1 atom stereocenters. The first-order valence-corrected chi connectivity index (χ1v) is 5.00. The summed E-state index contributed by atoms with van der Waals surface area (Å²) in [5, 5.41) is 9.11. The van der Waals surface area contributed by atoms with E-state index in [1.54, 1.807) is 0 Å². The molecule has 3 heteroatoms. The SMILES string of the molecule is CC(=O)OC[C@H](CO)Cc1ccccc1. The molecule has 3 nitrogen and oxygen atoms in total. The minimum absolute atomic E-state index is 0.0173. The van der Waals surface area contributed by atoms with Crippen LogP contribution in [0.3, 0.4) is 0 Å². The van der Waals surface area contributed by atoms with Crippen molar-refractivity contribution >= 4 is 5.97 Å². The third-order valence-electron chi connectivity index (χ3n) is 2.15. The summed E-state index contributed by atoms with van der Waals surface area (Å²) in [5.74, 6) is -0.321. The molecule has 1 rings (SSSR count). The Morgan fingerprint density at radius 2 is 2.07 bits per heavy atom. The van der Waals surface area contributed by atoms with Crippen molar-refractivity contribution in [2.45, 2.75) is 13.3 Å². The molecule has 0 aromatic heterocycles. The summed E-state index contributed by atoms with van der Waals surface area (Å²) < 4.78 is 4.87. The summed E-state index contributed by atoms with van der Waals surface area (Å²) in [6.07, 6.45) is 0.727. The molecule has 0 spiro atoms. The van der Waals surface area contributed by atoms with E-state index in [-0.39, 0.29) is 25.1 Å². The first-order valence-electron chi connectivity index (χ1n) is 5.00.